The minimum absolute atomic E-state index is 0.0186. The van der Waals surface area contributed by atoms with Gasteiger partial charge in [0.1, 0.15) is 5.82 Å². The maximum atomic E-state index is 13.3. The lowest BCUT2D eigenvalue weighted by molar-refractivity contribution is -0.115. The molecule has 3 aromatic rings. The second-order valence-corrected chi connectivity index (χ2v) is 8.64. The Morgan fingerprint density at radius 3 is 2.07 bits per heavy atom. The van der Waals surface area contributed by atoms with Crippen LogP contribution in [0.15, 0.2) is 83.8 Å². The molecule has 1 atom stereocenters. The van der Waals surface area contributed by atoms with Gasteiger partial charge in [-0.2, -0.15) is 0 Å². The van der Waals surface area contributed by atoms with Gasteiger partial charge in [-0.3, -0.25) is 10.1 Å². The molecule has 3 aromatic carbocycles. The predicted octanol–water partition coefficient (Wildman–Crippen LogP) is 3.55. The van der Waals surface area contributed by atoms with Crippen LogP contribution in [-0.2, 0) is 14.6 Å². The first-order valence-corrected chi connectivity index (χ1v) is 10.9. The van der Waals surface area contributed by atoms with Gasteiger partial charge in [0.05, 0.1) is 17.5 Å². The Morgan fingerprint density at radius 1 is 0.897 bits per heavy atom. The number of halogens is 1. The predicted molar refractivity (Wildman–Crippen MR) is 111 cm³/mol. The highest BCUT2D eigenvalue weighted by atomic mass is 32.2. The molecule has 150 valence electrons. The van der Waals surface area contributed by atoms with E-state index in [0.717, 1.165) is 17.4 Å². The van der Waals surface area contributed by atoms with Gasteiger partial charge in [-0.1, -0.05) is 42.5 Å². The van der Waals surface area contributed by atoms with Gasteiger partial charge < -0.3 is 5.32 Å². The number of nitrogens with one attached hydrogen (secondary N) is 2. The third-order valence-corrected chi connectivity index (χ3v) is 5.50. The van der Waals surface area contributed by atoms with Crippen LogP contribution in [-0.4, -0.2) is 27.1 Å². The van der Waals surface area contributed by atoms with Crippen molar-refractivity contribution in [1.29, 1.82) is 0 Å². The molecule has 5 nitrogen and oxygen atoms in total. The Balaban J connectivity index is 1.69. The van der Waals surface area contributed by atoms with Crippen molar-refractivity contribution < 1.29 is 17.6 Å². The lowest BCUT2D eigenvalue weighted by Gasteiger charge is -2.20. The fourth-order valence-electron chi connectivity index (χ4n) is 2.91. The summed E-state index contributed by atoms with van der Waals surface area (Å²) in [7, 11) is -3.29. The van der Waals surface area contributed by atoms with Crippen LogP contribution in [0.1, 0.15) is 17.2 Å². The monoisotopic (exact) mass is 412 g/mol. The third kappa shape index (κ3) is 5.73. The molecule has 2 N–H and O–H groups in total. The maximum absolute atomic E-state index is 13.3. The van der Waals surface area contributed by atoms with E-state index >= 15 is 0 Å². The Labute approximate surface area is 169 Å². The highest BCUT2D eigenvalue weighted by Gasteiger charge is 2.15. The lowest BCUT2D eigenvalue weighted by Crippen LogP contribution is -2.31. The Morgan fingerprint density at radius 2 is 1.48 bits per heavy atom. The highest BCUT2D eigenvalue weighted by Crippen LogP contribution is 2.22. The molecule has 0 saturated heterocycles. The van der Waals surface area contributed by atoms with E-state index in [2.05, 4.69) is 10.6 Å². The summed E-state index contributed by atoms with van der Waals surface area (Å²) in [4.78, 5) is 12.6. The van der Waals surface area contributed by atoms with Crippen molar-refractivity contribution in [3.63, 3.8) is 0 Å². The summed E-state index contributed by atoms with van der Waals surface area (Å²) in [6.45, 7) is 0.0186. The standard InChI is InChI=1S/C22H21FN2O3S/c1-29(27,28)20-13-11-19(12-14-20)25-21(26)15-24-22(16-5-3-2-4-6-16)17-7-9-18(23)10-8-17/h2-14,22,24H,15H2,1H3,(H,25,26). The zero-order chi connectivity index (χ0) is 20.9. The van der Waals surface area contributed by atoms with E-state index in [4.69, 9.17) is 0 Å². The van der Waals surface area contributed by atoms with Gasteiger partial charge in [0.2, 0.25) is 5.91 Å². The number of sulfone groups is 1. The van der Waals surface area contributed by atoms with Crippen molar-refractivity contribution in [3.8, 4) is 0 Å². The molecule has 0 bridgehead atoms. The van der Waals surface area contributed by atoms with E-state index in [1.165, 1.54) is 24.3 Å². The molecule has 0 aliphatic carbocycles. The van der Waals surface area contributed by atoms with E-state index in [1.54, 1.807) is 24.3 Å². The van der Waals surface area contributed by atoms with Crippen molar-refractivity contribution in [3.05, 3.63) is 95.8 Å². The van der Waals surface area contributed by atoms with Crippen molar-refractivity contribution in [2.45, 2.75) is 10.9 Å². The first-order valence-electron chi connectivity index (χ1n) is 8.97. The first-order chi connectivity index (χ1) is 13.8. The summed E-state index contributed by atoms with van der Waals surface area (Å²) < 4.78 is 36.3. The molecule has 0 aromatic heterocycles. The first kappa shape index (κ1) is 20.7. The molecule has 0 radical (unpaired) electrons. The van der Waals surface area contributed by atoms with E-state index in [1.807, 2.05) is 30.3 Å². The SMILES string of the molecule is CS(=O)(=O)c1ccc(NC(=O)CNC(c2ccccc2)c2ccc(F)cc2)cc1. The molecule has 0 saturated carbocycles. The summed E-state index contributed by atoms with van der Waals surface area (Å²) in [6.07, 6.45) is 1.13. The smallest absolute Gasteiger partial charge is 0.238 e. The van der Waals surface area contributed by atoms with Crippen molar-refractivity contribution in [2.24, 2.45) is 0 Å². The average Bonchev–Trinajstić information content (AvgIpc) is 2.70. The summed E-state index contributed by atoms with van der Waals surface area (Å²) in [5, 5.41) is 5.93. The number of hydrogen-bond acceptors (Lipinski definition) is 4. The zero-order valence-electron chi connectivity index (χ0n) is 15.8. The van der Waals surface area contributed by atoms with Gasteiger partial charge in [-0.25, -0.2) is 12.8 Å². The van der Waals surface area contributed by atoms with Crippen molar-refractivity contribution in [1.82, 2.24) is 5.32 Å². The van der Waals surface area contributed by atoms with E-state index in [-0.39, 0.29) is 29.2 Å². The second-order valence-electron chi connectivity index (χ2n) is 6.62. The molecule has 1 unspecified atom stereocenters. The molecule has 7 heteroatoms. The number of rotatable bonds is 7. The van der Waals surface area contributed by atoms with Crippen LogP contribution in [0.25, 0.3) is 0 Å². The van der Waals surface area contributed by atoms with Crippen LogP contribution in [0, 0.1) is 5.82 Å². The maximum Gasteiger partial charge on any atom is 0.238 e. The van der Waals surface area contributed by atoms with Crippen LogP contribution >= 0.6 is 0 Å². The van der Waals surface area contributed by atoms with Crippen LogP contribution in [0.4, 0.5) is 10.1 Å². The Kier molecular flexibility index (Phi) is 6.41. The molecule has 0 aliphatic rings. The van der Waals surface area contributed by atoms with Gasteiger partial charge >= 0.3 is 0 Å². The van der Waals surface area contributed by atoms with Crippen molar-refractivity contribution >= 4 is 21.4 Å². The number of hydrogen-bond donors (Lipinski definition) is 2. The van der Waals surface area contributed by atoms with Gasteiger partial charge in [0.15, 0.2) is 9.84 Å². The molecule has 0 aliphatic heterocycles. The van der Waals surface area contributed by atoms with Gasteiger partial charge in [-0.15, -0.1) is 0 Å². The normalized spacial score (nSPS) is 12.3. The highest BCUT2D eigenvalue weighted by molar-refractivity contribution is 7.90. The fraction of sp³-hybridized carbons (Fsp3) is 0.136. The largest absolute Gasteiger partial charge is 0.325 e. The quantitative estimate of drug-likeness (QED) is 0.622. The lowest BCUT2D eigenvalue weighted by atomic mass is 9.98. The number of benzene rings is 3. The minimum atomic E-state index is -3.29. The van der Waals surface area contributed by atoms with E-state index in [0.29, 0.717) is 5.69 Å². The Hall–Kier alpha value is -3.03. The average molecular weight is 412 g/mol. The molecule has 0 spiro atoms. The van der Waals surface area contributed by atoms with Gasteiger partial charge in [0.25, 0.3) is 0 Å². The van der Waals surface area contributed by atoms with Gasteiger partial charge in [-0.05, 0) is 47.5 Å². The van der Waals surface area contributed by atoms with E-state index < -0.39 is 9.84 Å². The number of anilines is 1. The van der Waals surface area contributed by atoms with Crippen LogP contribution in [0.3, 0.4) is 0 Å². The molecule has 1 amide bonds. The summed E-state index contributed by atoms with van der Waals surface area (Å²) in [6, 6.07) is 21.4. The molecule has 29 heavy (non-hydrogen) atoms. The summed E-state index contributed by atoms with van der Waals surface area (Å²) in [5.41, 5.74) is 2.29. The Bertz CT molecular complexity index is 1070. The molecule has 3 rings (SSSR count). The zero-order valence-corrected chi connectivity index (χ0v) is 16.6. The van der Waals surface area contributed by atoms with Crippen LogP contribution in [0.2, 0.25) is 0 Å². The number of carbonyl (C=O) groups excluding carboxylic acids is 1. The van der Waals surface area contributed by atoms with E-state index in [9.17, 15) is 17.6 Å². The number of carbonyl (C=O) groups is 1. The minimum Gasteiger partial charge on any atom is -0.325 e. The van der Waals surface area contributed by atoms with Gasteiger partial charge in [0, 0.05) is 11.9 Å². The fourth-order valence-corrected chi connectivity index (χ4v) is 3.54. The molecular formula is C22H21FN2O3S. The summed E-state index contributed by atoms with van der Waals surface area (Å²) >= 11 is 0. The second kappa shape index (κ2) is 8.98. The van der Waals surface area contributed by atoms with Crippen LogP contribution < -0.4 is 10.6 Å². The topological polar surface area (TPSA) is 75.3 Å². The molecular weight excluding hydrogens is 391 g/mol. The molecule has 0 fully saturated rings. The van der Waals surface area contributed by atoms with Crippen molar-refractivity contribution in [2.75, 3.05) is 18.1 Å². The third-order valence-electron chi connectivity index (χ3n) is 4.37. The van der Waals surface area contributed by atoms with Crippen LogP contribution in [0.5, 0.6) is 0 Å². The molecule has 0 heterocycles. The summed E-state index contributed by atoms with van der Waals surface area (Å²) in [5.74, 6) is -0.601. The number of amides is 1.